The maximum absolute atomic E-state index is 11.2. The first-order chi connectivity index (χ1) is 7.74. The van der Waals surface area contributed by atoms with Crippen LogP contribution < -0.4 is 5.73 Å². The highest BCUT2D eigenvalue weighted by Crippen LogP contribution is 2.08. The van der Waals surface area contributed by atoms with E-state index in [4.69, 9.17) is 5.73 Å². The van der Waals surface area contributed by atoms with Gasteiger partial charge in [0.15, 0.2) is 0 Å². The van der Waals surface area contributed by atoms with E-state index >= 15 is 0 Å². The molecule has 4 nitrogen and oxygen atoms in total. The molecule has 2 aliphatic rings. The average molecular weight is 245 g/mol. The van der Waals surface area contributed by atoms with Crippen LogP contribution in [0.25, 0.3) is 0 Å². The highest BCUT2D eigenvalue weighted by atomic mass is 32.2. The molecule has 0 unspecified atom stereocenters. The Morgan fingerprint density at radius 2 is 1.50 bits per heavy atom. The molecule has 0 saturated carbocycles. The summed E-state index contributed by atoms with van der Waals surface area (Å²) < 4.78 is 11.2. The Balaban J connectivity index is 1.62. The third kappa shape index (κ3) is 3.80. The Hall–Kier alpha value is 0.0300. The number of nitrogens with two attached hydrogens (primary N) is 1. The monoisotopic (exact) mass is 245 g/mol. The standard InChI is InChI=1S/C11H23N3OS/c12-11-1-3-13(4-2-11)5-6-14-7-9-16(15)10-8-14/h11H,1-10,12H2. The van der Waals surface area contributed by atoms with Gasteiger partial charge in [-0.2, -0.15) is 0 Å². The predicted octanol–water partition coefficient (Wildman–Crippen LogP) is -0.526. The number of likely N-dealkylation sites (tertiary alicyclic amines) is 1. The van der Waals surface area contributed by atoms with Gasteiger partial charge in [0.1, 0.15) is 0 Å². The van der Waals surface area contributed by atoms with Crippen molar-refractivity contribution in [3.8, 4) is 0 Å². The lowest BCUT2D eigenvalue weighted by Gasteiger charge is -2.33. The Kier molecular flexibility index (Phi) is 4.76. The van der Waals surface area contributed by atoms with Crippen molar-refractivity contribution in [1.29, 1.82) is 0 Å². The van der Waals surface area contributed by atoms with Gasteiger partial charge in [-0.15, -0.1) is 0 Å². The lowest BCUT2D eigenvalue weighted by molar-refractivity contribution is 0.179. The summed E-state index contributed by atoms with van der Waals surface area (Å²) in [5, 5.41) is 0. The van der Waals surface area contributed by atoms with E-state index in [1.54, 1.807) is 0 Å². The minimum atomic E-state index is -0.546. The van der Waals surface area contributed by atoms with Crippen molar-refractivity contribution >= 4 is 10.8 Å². The molecule has 0 aromatic rings. The second kappa shape index (κ2) is 6.10. The van der Waals surface area contributed by atoms with Gasteiger partial charge in [0.25, 0.3) is 0 Å². The van der Waals surface area contributed by atoms with Crippen LogP contribution in [0.5, 0.6) is 0 Å². The van der Waals surface area contributed by atoms with E-state index in [9.17, 15) is 4.21 Å². The van der Waals surface area contributed by atoms with E-state index in [1.165, 1.54) is 0 Å². The van der Waals surface area contributed by atoms with E-state index < -0.39 is 10.8 Å². The second-order valence-corrected chi connectivity index (χ2v) is 6.56. The number of nitrogens with zero attached hydrogens (tertiary/aromatic N) is 2. The topological polar surface area (TPSA) is 49.6 Å². The molecule has 0 aromatic carbocycles. The van der Waals surface area contributed by atoms with Gasteiger partial charge in [-0.1, -0.05) is 0 Å². The zero-order chi connectivity index (χ0) is 11.4. The molecule has 2 aliphatic heterocycles. The Morgan fingerprint density at radius 3 is 2.06 bits per heavy atom. The average Bonchev–Trinajstić information content (AvgIpc) is 2.30. The van der Waals surface area contributed by atoms with Crippen LogP contribution in [0, 0.1) is 0 Å². The van der Waals surface area contributed by atoms with Crippen molar-refractivity contribution in [3.05, 3.63) is 0 Å². The molecule has 5 heteroatoms. The first-order valence-electron chi connectivity index (χ1n) is 6.29. The van der Waals surface area contributed by atoms with Crippen molar-refractivity contribution in [2.75, 3.05) is 50.8 Å². The first kappa shape index (κ1) is 12.5. The molecule has 2 N–H and O–H groups in total. The fourth-order valence-corrected chi connectivity index (χ4v) is 3.49. The fourth-order valence-electron chi connectivity index (χ4n) is 2.36. The molecule has 2 rings (SSSR count). The molecule has 0 spiro atoms. The largest absolute Gasteiger partial charge is 0.328 e. The molecule has 2 saturated heterocycles. The van der Waals surface area contributed by atoms with Gasteiger partial charge in [-0.25, -0.2) is 0 Å². The van der Waals surface area contributed by atoms with Gasteiger partial charge in [0.05, 0.1) is 0 Å². The van der Waals surface area contributed by atoms with Crippen LogP contribution in [0.2, 0.25) is 0 Å². The van der Waals surface area contributed by atoms with E-state index in [0.717, 1.165) is 63.6 Å². The van der Waals surface area contributed by atoms with Crippen LogP contribution in [0.4, 0.5) is 0 Å². The van der Waals surface area contributed by atoms with Crippen molar-refractivity contribution < 1.29 is 4.21 Å². The Morgan fingerprint density at radius 1 is 1.00 bits per heavy atom. The van der Waals surface area contributed by atoms with Crippen LogP contribution in [0.1, 0.15) is 12.8 Å². The van der Waals surface area contributed by atoms with Crippen LogP contribution in [0.15, 0.2) is 0 Å². The molecule has 0 radical (unpaired) electrons. The number of rotatable bonds is 3. The minimum absolute atomic E-state index is 0.425. The van der Waals surface area contributed by atoms with Gasteiger partial charge in [-0.05, 0) is 25.9 Å². The van der Waals surface area contributed by atoms with Crippen LogP contribution in [-0.2, 0) is 10.8 Å². The number of hydrogen-bond donors (Lipinski definition) is 1. The van der Waals surface area contributed by atoms with Crippen molar-refractivity contribution in [2.24, 2.45) is 5.73 Å². The highest BCUT2D eigenvalue weighted by molar-refractivity contribution is 7.85. The van der Waals surface area contributed by atoms with Crippen LogP contribution >= 0.6 is 0 Å². The highest BCUT2D eigenvalue weighted by Gasteiger charge is 2.18. The number of piperidine rings is 1. The lowest BCUT2D eigenvalue weighted by atomic mass is 10.1. The molecule has 16 heavy (non-hydrogen) atoms. The summed E-state index contributed by atoms with van der Waals surface area (Å²) >= 11 is 0. The summed E-state index contributed by atoms with van der Waals surface area (Å²) in [5.74, 6) is 1.73. The van der Waals surface area contributed by atoms with Crippen molar-refractivity contribution in [2.45, 2.75) is 18.9 Å². The molecular weight excluding hydrogens is 222 g/mol. The fraction of sp³-hybridized carbons (Fsp3) is 1.00. The second-order valence-electron chi connectivity index (χ2n) is 4.87. The maximum atomic E-state index is 11.2. The van der Waals surface area contributed by atoms with Crippen molar-refractivity contribution in [1.82, 2.24) is 9.80 Å². The predicted molar refractivity (Wildman–Crippen MR) is 68.0 cm³/mol. The van der Waals surface area contributed by atoms with Gasteiger partial charge in [-0.3, -0.25) is 4.21 Å². The molecule has 0 amide bonds. The quantitative estimate of drug-likeness (QED) is 0.726. The van der Waals surface area contributed by atoms with Gasteiger partial charge in [0.2, 0.25) is 0 Å². The maximum Gasteiger partial charge on any atom is 0.0363 e. The van der Waals surface area contributed by atoms with Gasteiger partial charge >= 0.3 is 0 Å². The molecular formula is C11H23N3OS. The Labute approximate surface area is 101 Å². The molecule has 0 aliphatic carbocycles. The summed E-state index contributed by atoms with van der Waals surface area (Å²) in [5.41, 5.74) is 5.88. The van der Waals surface area contributed by atoms with Crippen LogP contribution in [0.3, 0.4) is 0 Å². The third-order valence-corrected chi connectivity index (χ3v) is 4.91. The smallest absolute Gasteiger partial charge is 0.0363 e. The molecule has 0 atom stereocenters. The van der Waals surface area contributed by atoms with Gasteiger partial charge < -0.3 is 15.5 Å². The first-order valence-corrected chi connectivity index (χ1v) is 7.78. The van der Waals surface area contributed by atoms with Crippen molar-refractivity contribution in [3.63, 3.8) is 0 Å². The summed E-state index contributed by atoms with van der Waals surface area (Å²) in [6.45, 7) is 6.62. The summed E-state index contributed by atoms with van der Waals surface area (Å²) in [7, 11) is -0.546. The van der Waals surface area contributed by atoms with Gasteiger partial charge in [0, 0.05) is 54.5 Å². The molecule has 94 valence electrons. The summed E-state index contributed by atoms with van der Waals surface area (Å²) in [6.07, 6.45) is 2.29. The van der Waals surface area contributed by atoms with Crippen LogP contribution in [-0.4, -0.2) is 70.8 Å². The normalized spacial score (nSPS) is 27.3. The zero-order valence-electron chi connectivity index (χ0n) is 9.94. The Bertz CT molecular complexity index is 231. The number of hydrogen-bond acceptors (Lipinski definition) is 4. The van der Waals surface area contributed by atoms with E-state index in [1.807, 2.05) is 0 Å². The minimum Gasteiger partial charge on any atom is -0.328 e. The SMILES string of the molecule is NC1CCN(CCN2CCS(=O)CC2)CC1. The summed E-state index contributed by atoms with van der Waals surface area (Å²) in [4.78, 5) is 4.95. The van der Waals surface area contributed by atoms with E-state index in [-0.39, 0.29) is 0 Å². The molecule has 0 bridgehead atoms. The van der Waals surface area contributed by atoms with E-state index in [0.29, 0.717) is 6.04 Å². The lowest BCUT2D eigenvalue weighted by Crippen LogP contribution is -2.45. The molecule has 2 fully saturated rings. The third-order valence-electron chi connectivity index (χ3n) is 3.64. The zero-order valence-corrected chi connectivity index (χ0v) is 10.8. The summed E-state index contributed by atoms with van der Waals surface area (Å²) in [6, 6.07) is 0.425. The molecule has 2 heterocycles. The van der Waals surface area contributed by atoms with E-state index in [2.05, 4.69) is 9.80 Å². The molecule has 0 aromatic heterocycles.